The molecule has 0 saturated carbocycles. The van der Waals surface area contributed by atoms with Gasteiger partial charge in [-0.2, -0.15) is 0 Å². The number of nitrogens with one attached hydrogen (secondary N) is 1. The first-order valence-electron chi connectivity index (χ1n) is 4.90. The topological polar surface area (TPSA) is 68.5 Å². The quantitative estimate of drug-likeness (QED) is 0.843. The number of hydrogen-bond acceptors (Lipinski definition) is 4. The summed E-state index contributed by atoms with van der Waals surface area (Å²) in [5.74, 6) is -0.951. The van der Waals surface area contributed by atoms with Crippen LogP contribution in [0.2, 0.25) is 0 Å². The molecular formula is C11H15NO4. The zero-order valence-corrected chi connectivity index (χ0v) is 9.57. The monoisotopic (exact) mass is 225 g/mol. The van der Waals surface area contributed by atoms with Crippen LogP contribution in [-0.2, 0) is 9.53 Å². The van der Waals surface area contributed by atoms with Gasteiger partial charge in [-0.1, -0.05) is 0 Å². The summed E-state index contributed by atoms with van der Waals surface area (Å²) in [4.78, 5) is 22.7. The van der Waals surface area contributed by atoms with Gasteiger partial charge in [0.15, 0.2) is 5.76 Å². The van der Waals surface area contributed by atoms with E-state index in [0.717, 1.165) is 0 Å². The highest BCUT2D eigenvalue weighted by Gasteiger charge is 2.16. The molecule has 0 spiro atoms. The van der Waals surface area contributed by atoms with Crippen molar-refractivity contribution in [2.24, 2.45) is 0 Å². The van der Waals surface area contributed by atoms with E-state index in [1.165, 1.54) is 12.3 Å². The second-order valence-electron chi connectivity index (χ2n) is 4.26. The van der Waals surface area contributed by atoms with Crippen molar-refractivity contribution in [3.63, 3.8) is 0 Å². The molecule has 0 aromatic carbocycles. The highest BCUT2D eigenvalue weighted by Crippen LogP contribution is 2.05. The summed E-state index contributed by atoms with van der Waals surface area (Å²) >= 11 is 0. The summed E-state index contributed by atoms with van der Waals surface area (Å²) in [5, 5.41) is 2.16. The maximum Gasteiger partial charge on any atom is 0.293 e. The zero-order valence-electron chi connectivity index (χ0n) is 9.57. The fraction of sp³-hybridized carbons (Fsp3) is 0.455. The van der Waals surface area contributed by atoms with Crippen molar-refractivity contribution in [1.82, 2.24) is 5.32 Å². The molecule has 0 aliphatic rings. The Bertz CT molecular complexity index is 362. The summed E-state index contributed by atoms with van der Waals surface area (Å²) in [6, 6.07) is 3.05. The fourth-order valence-electron chi connectivity index (χ4n) is 0.914. The Balaban J connectivity index is 2.38. The Kier molecular flexibility index (Phi) is 3.84. The van der Waals surface area contributed by atoms with Gasteiger partial charge in [-0.3, -0.25) is 14.9 Å². The molecule has 16 heavy (non-hydrogen) atoms. The molecule has 1 N–H and O–H groups in total. The summed E-state index contributed by atoms with van der Waals surface area (Å²) < 4.78 is 10.1. The molecule has 0 aliphatic heterocycles. The maximum atomic E-state index is 11.4. The first kappa shape index (κ1) is 12.4. The third-order valence-corrected chi connectivity index (χ3v) is 1.63. The Morgan fingerprint density at radius 2 is 2.12 bits per heavy atom. The molecule has 0 bridgehead atoms. The van der Waals surface area contributed by atoms with E-state index < -0.39 is 17.4 Å². The maximum absolute atomic E-state index is 11.4. The number of hydrogen-bond donors (Lipinski definition) is 1. The molecule has 1 aromatic rings. The van der Waals surface area contributed by atoms with Crippen LogP contribution >= 0.6 is 0 Å². The van der Waals surface area contributed by atoms with Crippen LogP contribution in [-0.4, -0.2) is 24.0 Å². The largest absolute Gasteiger partial charge is 0.459 e. The molecule has 0 unspecified atom stereocenters. The van der Waals surface area contributed by atoms with Gasteiger partial charge < -0.3 is 9.15 Å². The van der Waals surface area contributed by atoms with Crippen molar-refractivity contribution in [3.05, 3.63) is 24.2 Å². The Labute approximate surface area is 93.8 Å². The van der Waals surface area contributed by atoms with E-state index in [1.54, 1.807) is 6.07 Å². The predicted octanol–water partition coefficient (Wildman–Crippen LogP) is 1.35. The van der Waals surface area contributed by atoms with E-state index in [1.807, 2.05) is 20.8 Å². The Morgan fingerprint density at radius 3 is 2.62 bits per heavy atom. The minimum absolute atomic E-state index is 0.101. The normalized spacial score (nSPS) is 11.2. The molecule has 0 fully saturated rings. The number of carbonyl (C=O) groups is 2. The van der Waals surface area contributed by atoms with E-state index in [2.05, 4.69) is 5.32 Å². The van der Waals surface area contributed by atoms with Gasteiger partial charge in [0.25, 0.3) is 11.8 Å². The van der Waals surface area contributed by atoms with Gasteiger partial charge in [-0.05, 0) is 32.9 Å². The van der Waals surface area contributed by atoms with Gasteiger partial charge >= 0.3 is 0 Å². The highest BCUT2D eigenvalue weighted by atomic mass is 16.5. The van der Waals surface area contributed by atoms with Crippen molar-refractivity contribution in [1.29, 1.82) is 0 Å². The zero-order chi connectivity index (χ0) is 12.2. The Hall–Kier alpha value is -1.62. The van der Waals surface area contributed by atoms with Crippen LogP contribution in [0.5, 0.6) is 0 Å². The van der Waals surface area contributed by atoms with E-state index in [4.69, 9.17) is 9.15 Å². The number of furan rings is 1. The van der Waals surface area contributed by atoms with Crippen LogP contribution in [0.1, 0.15) is 31.3 Å². The summed E-state index contributed by atoms with van der Waals surface area (Å²) in [6.45, 7) is 5.33. The van der Waals surface area contributed by atoms with Crippen LogP contribution in [0, 0.1) is 0 Å². The molecule has 5 heteroatoms. The van der Waals surface area contributed by atoms with Gasteiger partial charge in [0.1, 0.15) is 6.61 Å². The average Bonchev–Trinajstić information content (AvgIpc) is 2.66. The van der Waals surface area contributed by atoms with Crippen LogP contribution < -0.4 is 5.32 Å². The molecule has 1 heterocycles. The van der Waals surface area contributed by atoms with E-state index >= 15 is 0 Å². The lowest BCUT2D eigenvalue weighted by atomic mass is 10.2. The summed E-state index contributed by atoms with van der Waals surface area (Å²) in [7, 11) is 0. The van der Waals surface area contributed by atoms with E-state index in [-0.39, 0.29) is 12.4 Å². The molecule has 0 saturated heterocycles. The first-order chi connectivity index (χ1) is 7.38. The minimum atomic E-state index is -0.562. The van der Waals surface area contributed by atoms with Crippen LogP contribution in [0.25, 0.3) is 0 Å². The number of imide groups is 1. The fourth-order valence-corrected chi connectivity index (χ4v) is 0.914. The second kappa shape index (κ2) is 4.94. The number of ether oxygens (including phenoxy) is 1. The van der Waals surface area contributed by atoms with Crippen LogP contribution in [0.3, 0.4) is 0 Å². The molecule has 2 amide bonds. The van der Waals surface area contributed by atoms with Crippen LogP contribution in [0.15, 0.2) is 22.8 Å². The smallest absolute Gasteiger partial charge is 0.293 e. The molecule has 1 aromatic heterocycles. The molecule has 0 atom stereocenters. The lowest BCUT2D eigenvalue weighted by molar-refractivity contribution is -0.129. The highest BCUT2D eigenvalue weighted by molar-refractivity contribution is 6.03. The molecule has 0 aliphatic carbocycles. The van der Waals surface area contributed by atoms with Gasteiger partial charge in [0.2, 0.25) is 0 Å². The van der Waals surface area contributed by atoms with Crippen LogP contribution in [0.4, 0.5) is 0 Å². The van der Waals surface area contributed by atoms with Crippen molar-refractivity contribution >= 4 is 11.8 Å². The summed E-state index contributed by atoms with van der Waals surface area (Å²) in [6.07, 6.45) is 1.37. The van der Waals surface area contributed by atoms with E-state index in [9.17, 15) is 9.59 Å². The number of rotatable bonds is 3. The van der Waals surface area contributed by atoms with Crippen molar-refractivity contribution in [3.8, 4) is 0 Å². The van der Waals surface area contributed by atoms with E-state index in [0.29, 0.717) is 0 Å². The lowest BCUT2D eigenvalue weighted by Gasteiger charge is -2.18. The van der Waals surface area contributed by atoms with Gasteiger partial charge in [0, 0.05) is 0 Å². The standard InChI is InChI=1S/C11H15NO4/c1-11(2,3)16-7-9(13)12-10(14)8-5-4-6-15-8/h4-6H,7H2,1-3H3,(H,12,13,14). The van der Waals surface area contributed by atoms with Gasteiger partial charge in [-0.25, -0.2) is 0 Å². The molecule has 5 nitrogen and oxygen atoms in total. The Morgan fingerprint density at radius 1 is 1.44 bits per heavy atom. The van der Waals surface area contributed by atoms with Gasteiger partial charge in [0.05, 0.1) is 11.9 Å². The van der Waals surface area contributed by atoms with Gasteiger partial charge in [-0.15, -0.1) is 0 Å². The molecule has 1 rings (SSSR count). The average molecular weight is 225 g/mol. The third kappa shape index (κ3) is 4.27. The molecule has 88 valence electrons. The third-order valence-electron chi connectivity index (χ3n) is 1.63. The minimum Gasteiger partial charge on any atom is -0.459 e. The number of carbonyl (C=O) groups excluding carboxylic acids is 2. The predicted molar refractivity (Wildman–Crippen MR) is 56.9 cm³/mol. The lowest BCUT2D eigenvalue weighted by Crippen LogP contribution is -2.35. The first-order valence-corrected chi connectivity index (χ1v) is 4.90. The van der Waals surface area contributed by atoms with Crippen molar-refractivity contribution in [2.75, 3.05) is 6.61 Å². The van der Waals surface area contributed by atoms with Crippen molar-refractivity contribution < 1.29 is 18.7 Å². The summed E-state index contributed by atoms with van der Waals surface area (Å²) in [5.41, 5.74) is -0.412. The second-order valence-corrected chi connectivity index (χ2v) is 4.26. The molecule has 0 radical (unpaired) electrons. The SMILES string of the molecule is CC(C)(C)OCC(=O)NC(=O)c1ccco1. The molecular weight excluding hydrogens is 210 g/mol. The van der Waals surface area contributed by atoms with Crippen molar-refractivity contribution in [2.45, 2.75) is 26.4 Å². The number of amides is 2.